The largest absolute Gasteiger partial charge is 0.0795 e. The van der Waals surface area contributed by atoms with Crippen molar-refractivity contribution < 1.29 is 0 Å². The molecule has 0 nitrogen and oxygen atoms in total. The van der Waals surface area contributed by atoms with Gasteiger partial charge in [-0.1, -0.05) is 48.6 Å². The molecule has 2 aromatic rings. The topological polar surface area (TPSA) is 0 Å². The maximum absolute atomic E-state index is 2.45. The Morgan fingerprint density at radius 3 is 2.58 bits per heavy atom. The molecule has 0 fully saturated rings. The molecule has 0 unspecified atom stereocenters. The number of fused-ring (bicyclic) bond motifs is 2. The first-order chi connectivity index (χ1) is 8.93. The fourth-order valence-electron chi connectivity index (χ4n) is 3.42. The van der Waals surface area contributed by atoms with E-state index < -0.39 is 0 Å². The van der Waals surface area contributed by atoms with E-state index in [1.165, 1.54) is 41.5 Å². The number of aryl methyl sites for hydroxylation is 1. The first-order valence-corrected chi connectivity index (χ1v) is 6.83. The normalized spacial score (nSPS) is 14.9. The van der Waals surface area contributed by atoms with Crippen LogP contribution in [0.1, 0.15) is 28.7 Å². The van der Waals surface area contributed by atoms with Crippen LogP contribution in [0.3, 0.4) is 0 Å². The molecular formula is C18H16Li. The monoisotopic (exact) mass is 239 g/mol. The van der Waals surface area contributed by atoms with Gasteiger partial charge in [-0.25, -0.2) is 0 Å². The second kappa shape index (κ2) is 5.04. The smallest absolute Gasteiger partial charge is 0 e. The summed E-state index contributed by atoms with van der Waals surface area (Å²) in [6.07, 6.45) is 9.57. The van der Waals surface area contributed by atoms with E-state index in [2.05, 4.69) is 48.6 Å². The van der Waals surface area contributed by atoms with Gasteiger partial charge in [-0.15, -0.1) is 0 Å². The van der Waals surface area contributed by atoms with Gasteiger partial charge in [-0.3, -0.25) is 0 Å². The van der Waals surface area contributed by atoms with Gasteiger partial charge in [0.05, 0.1) is 0 Å². The van der Waals surface area contributed by atoms with Gasteiger partial charge in [0.25, 0.3) is 0 Å². The van der Waals surface area contributed by atoms with Gasteiger partial charge in [0.15, 0.2) is 0 Å². The van der Waals surface area contributed by atoms with Crippen molar-refractivity contribution in [3.8, 4) is 11.1 Å². The van der Waals surface area contributed by atoms with E-state index in [0.717, 1.165) is 6.42 Å². The Hall–Kier alpha value is -1.22. The average Bonchev–Trinajstić information content (AvgIpc) is 3.04. The van der Waals surface area contributed by atoms with Crippen LogP contribution in [0.4, 0.5) is 0 Å². The van der Waals surface area contributed by atoms with E-state index in [0.29, 0.717) is 0 Å². The van der Waals surface area contributed by atoms with Gasteiger partial charge in [-0.2, -0.15) is 0 Å². The van der Waals surface area contributed by atoms with Crippen molar-refractivity contribution in [3.63, 3.8) is 0 Å². The third kappa shape index (κ3) is 2.00. The van der Waals surface area contributed by atoms with Gasteiger partial charge in [0.1, 0.15) is 0 Å². The molecular weight excluding hydrogens is 223 g/mol. The Kier molecular flexibility index (Phi) is 3.40. The number of benzene rings is 2. The minimum absolute atomic E-state index is 0. The van der Waals surface area contributed by atoms with Gasteiger partial charge in [0, 0.05) is 18.9 Å². The van der Waals surface area contributed by atoms with Crippen molar-refractivity contribution in [2.45, 2.75) is 25.7 Å². The molecule has 4 rings (SSSR count). The number of allylic oxidation sites excluding steroid dienone is 1. The molecule has 1 heteroatoms. The zero-order valence-corrected chi connectivity index (χ0v) is 11.4. The maximum Gasteiger partial charge on any atom is 0 e. The van der Waals surface area contributed by atoms with Crippen molar-refractivity contribution in [1.29, 1.82) is 0 Å². The standard InChI is InChI=1S/C18H16.Li/c1-2-6-13(7-3-1)18-16-10-4-8-14(16)12-15-9-5-11-17(15)18;/h1-4,6-7,10,12H,5,8-9,11H2;. The fraction of sp³-hybridized carbons (Fsp3) is 0.222. The third-order valence-electron chi connectivity index (χ3n) is 4.21. The van der Waals surface area contributed by atoms with Crippen LogP contribution in [-0.2, 0) is 19.3 Å². The van der Waals surface area contributed by atoms with Gasteiger partial charge >= 0.3 is 0 Å². The first-order valence-electron chi connectivity index (χ1n) is 6.83. The molecule has 0 aromatic heterocycles. The summed E-state index contributed by atoms with van der Waals surface area (Å²) in [5, 5.41) is 0. The van der Waals surface area contributed by atoms with Gasteiger partial charge < -0.3 is 0 Å². The molecule has 0 spiro atoms. The molecule has 0 N–H and O–H groups in total. The molecule has 0 aliphatic heterocycles. The van der Waals surface area contributed by atoms with Crippen molar-refractivity contribution in [1.82, 2.24) is 0 Å². The Morgan fingerprint density at radius 1 is 0.895 bits per heavy atom. The second-order valence-electron chi connectivity index (χ2n) is 5.29. The number of hydrogen-bond donors (Lipinski definition) is 0. The van der Waals surface area contributed by atoms with E-state index in [9.17, 15) is 0 Å². The van der Waals surface area contributed by atoms with Crippen LogP contribution in [0.5, 0.6) is 0 Å². The van der Waals surface area contributed by atoms with Gasteiger partial charge in [-0.05, 0) is 59.1 Å². The molecule has 0 bridgehead atoms. The average molecular weight is 239 g/mol. The van der Waals surface area contributed by atoms with E-state index in [1.54, 1.807) is 11.1 Å². The summed E-state index contributed by atoms with van der Waals surface area (Å²) >= 11 is 0. The van der Waals surface area contributed by atoms with E-state index in [1.807, 2.05) is 0 Å². The second-order valence-corrected chi connectivity index (χ2v) is 5.29. The van der Waals surface area contributed by atoms with Crippen molar-refractivity contribution in [2.75, 3.05) is 0 Å². The zero-order chi connectivity index (χ0) is 11.9. The van der Waals surface area contributed by atoms with Crippen LogP contribution in [0, 0.1) is 0 Å². The molecule has 0 saturated carbocycles. The Bertz CT molecular complexity index is 638. The quantitative estimate of drug-likeness (QED) is 0.659. The third-order valence-corrected chi connectivity index (χ3v) is 4.21. The summed E-state index contributed by atoms with van der Waals surface area (Å²) < 4.78 is 0. The molecule has 0 saturated heterocycles. The summed E-state index contributed by atoms with van der Waals surface area (Å²) in [6, 6.07) is 13.3. The summed E-state index contributed by atoms with van der Waals surface area (Å²) in [7, 11) is 0. The van der Waals surface area contributed by atoms with Crippen LogP contribution in [0.25, 0.3) is 17.2 Å². The van der Waals surface area contributed by atoms with Gasteiger partial charge in [0.2, 0.25) is 0 Å². The fourth-order valence-corrected chi connectivity index (χ4v) is 3.42. The predicted octanol–water partition coefficient (Wildman–Crippen LogP) is 4.03. The number of hydrogen-bond acceptors (Lipinski definition) is 0. The van der Waals surface area contributed by atoms with E-state index in [-0.39, 0.29) is 18.9 Å². The Labute approximate surface area is 126 Å². The molecule has 1 radical (unpaired) electrons. The number of rotatable bonds is 1. The Morgan fingerprint density at radius 2 is 1.74 bits per heavy atom. The summed E-state index contributed by atoms with van der Waals surface area (Å²) in [5.74, 6) is 0. The van der Waals surface area contributed by atoms with E-state index in [4.69, 9.17) is 0 Å². The molecule has 2 aliphatic rings. The Balaban J connectivity index is 0.00000110. The van der Waals surface area contributed by atoms with Crippen molar-refractivity contribution in [2.24, 2.45) is 0 Å². The molecule has 2 aliphatic carbocycles. The summed E-state index contributed by atoms with van der Waals surface area (Å²) in [6.45, 7) is 0. The zero-order valence-electron chi connectivity index (χ0n) is 11.4. The molecule has 0 atom stereocenters. The minimum Gasteiger partial charge on any atom is -0.0795 e. The van der Waals surface area contributed by atoms with Crippen molar-refractivity contribution in [3.05, 3.63) is 64.7 Å². The minimum atomic E-state index is 0. The molecule has 19 heavy (non-hydrogen) atoms. The molecule has 2 aromatic carbocycles. The van der Waals surface area contributed by atoms with Crippen LogP contribution in [-0.4, -0.2) is 18.9 Å². The predicted molar refractivity (Wildman–Crippen MR) is 82.4 cm³/mol. The summed E-state index contributed by atoms with van der Waals surface area (Å²) in [5.41, 5.74) is 9.09. The van der Waals surface area contributed by atoms with Crippen molar-refractivity contribution >= 4 is 24.9 Å². The maximum atomic E-state index is 2.45. The molecule has 89 valence electrons. The SMILES string of the molecule is C1=Cc2c(cc3c(c2-c2ccccc2)CCC3)C1.[Li]. The van der Waals surface area contributed by atoms with Crippen LogP contribution in [0.2, 0.25) is 0 Å². The molecule has 0 amide bonds. The van der Waals surface area contributed by atoms with Crippen LogP contribution < -0.4 is 0 Å². The van der Waals surface area contributed by atoms with E-state index >= 15 is 0 Å². The molecule has 0 heterocycles. The first kappa shape index (κ1) is 12.8. The van der Waals surface area contributed by atoms with Crippen LogP contribution in [0.15, 0.2) is 42.5 Å². The van der Waals surface area contributed by atoms with Crippen LogP contribution >= 0.6 is 0 Å². The summed E-state index contributed by atoms with van der Waals surface area (Å²) in [4.78, 5) is 0.